The molecule has 0 spiro atoms. The first-order valence-electron chi connectivity index (χ1n) is 8.60. The van der Waals surface area contributed by atoms with Crippen LogP contribution in [0.5, 0.6) is 11.5 Å². The predicted molar refractivity (Wildman–Crippen MR) is 103 cm³/mol. The van der Waals surface area contributed by atoms with Crippen molar-refractivity contribution in [1.29, 1.82) is 0 Å². The number of benzene rings is 2. The number of para-hydroxylation sites is 2. The number of aryl methyl sites for hydroxylation is 1. The molecule has 8 heteroatoms. The van der Waals surface area contributed by atoms with E-state index in [1.165, 1.54) is 25.5 Å². The van der Waals surface area contributed by atoms with Crippen LogP contribution in [-0.2, 0) is 6.54 Å². The number of methoxy groups -OCH3 is 1. The summed E-state index contributed by atoms with van der Waals surface area (Å²) >= 11 is 0. The lowest BCUT2D eigenvalue weighted by Gasteiger charge is -2.06. The molecule has 8 nitrogen and oxygen atoms in total. The van der Waals surface area contributed by atoms with Gasteiger partial charge in [-0.15, -0.1) is 0 Å². The van der Waals surface area contributed by atoms with Crippen molar-refractivity contribution in [3.05, 3.63) is 52.1 Å². The van der Waals surface area contributed by atoms with Gasteiger partial charge in [-0.3, -0.25) is 10.1 Å². The van der Waals surface area contributed by atoms with Gasteiger partial charge in [-0.25, -0.2) is 9.98 Å². The van der Waals surface area contributed by atoms with E-state index in [9.17, 15) is 15.2 Å². The Kier molecular flexibility index (Phi) is 5.35. The van der Waals surface area contributed by atoms with Crippen LogP contribution in [0.15, 0.2) is 41.4 Å². The van der Waals surface area contributed by atoms with E-state index < -0.39 is 16.4 Å². The van der Waals surface area contributed by atoms with E-state index in [0.29, 0.717) is 5.95 Å². The summed E-state index contributed by atoms with van der Waals surface area (Å²) in [5.41, 5.74) is 1.55. The molecule has 0 atom stereocenters. The molecule has 0 aliphatic carbocycles. The Hall–Kier alpha value is -3.42. The number of rotatable bonds is 7. The number of aliphatic imine (C=N–C) groups is 1. The van der Waals surface area contributed by atoms with E-state index in [-0.39, 0.29) is 11.3 Å². The van der Waals surface area contributed by atoms with Gasteiger partial charge in [-0.05, 0) is 24.6 Å². The lowest BCUT2D eigenvalue weighted by molar-refractivity contribution is -0.385. The third-order valence-electron chi connectivity index (χ3n) is 4.21. The summed E-state index contributed by atoms with van der Waals surface area (Å²) in [6.07, 6.45) is 3.37. The molecule has 0 aliphatic heterocycles. The van der Waals surface area contributed by atoms with Gasteiger partial charge in [0.1, 0.15) is 5.75 Å². The zero-order valence-corrected chi connectivity index (χ0v) is 15.1. The molecule has 3 aromatic rings. The Morgan fingerprint density at radius 2 is 2.15 bits per heavy atom. The highest BCUT2D eigenvalue weighted by atomic mass is 16.6. The molecule has 27 heavy (non-hydrogen) atoms. The molecule has 2 aromatic carbocycles. The number of aromatic hydroxyl groups is 1. The normalized spacial score (nSPS) is 11.3. The second kappa shape index (κ2) is 7.86. The first-order valence-corrected chi connectivity index (χ1v) is 8.60. The number of phenolic OH excluding ortho intramolecular Hbond substituents is 1. The van der Waals surface area contributed by atoms with Gasteiger partial charge in [0.25, 0.3) is 0 Å². The third kappa shape index (κ3) is 3.74. The zero-order chi connectivity index (χ0) is 19.4. The third-order valence-corrected chi connectivity index (χ3v) is 4.21. The van der Waals surface area contributed by atoms with Gasteiger partial charge < -0.3 is 14.4 Å². The average Bonchev–Trinajstić information content (AvgIpc) is 3.02. The van der Waals surface area contributed by atoms with Crippen molar-refractivity contribution < 1.29 is 14.8 Å². The number of hydrogen-bond acceptors (Lipinski definition) is 6. The molecule has 0 saturated heterocycles. The van der Waals surface area contributed by atoms with Crippen molar-refractivity contribution in [2.45, 2.75) is 26.3 Å². The van der Waals surface area contributed by atoms with Crippen LogP contribution >= 0.6 is 0 Å². The quantitative estimate of drug-likeness (QED) is 0.382. The summed E-state index contributed by atoms with van der Waals surface area (Å²) < 4.78 is 7.08. The van der Waals surface area contributed by atoms with Crippen molar-refractivity contribution in [3.63, 3.8) is 0 Å². The topological polar surface area (TPSA) is 103 Å². The zero-order valence-electron chi connectivity index (χ0n) is 15.1. The Morgan fingerprint density at radius 1 is 1.37 bits per heavy atom. The average molecular weight is 368 g/mol. The molecule has 0 unspecified atom stereocenters. The maximum absolute atomic E-state index is 11.1. The van der Waals surface area contributed by atoms with E-state index in [1.54, 1.807) is 0 Å². The van der Waals surface area contributed by atoms with Crippen molar-refractivity contribution in [3.8, 4) is 11.5 Å². The van der Waals surface area contributed by atoms with Crippen molar-refractivity contribution >= 4 is 28.9 Å². The van der Waals surface area contributed by atoms with Gasteiger partial charge in [0.05, 0.1) is 29.1 Å². The number of aromatic nitrogens is 2. The first kappa shape index (κ1) is 18.4. The number of nitro groups is 1. The van der Waals surface area contributed by atoms with Gasteiger partial charge in [0, 0.05) is 18.3 Å². The number of hydrogen-bond donors (Lipinski definition) is 1. The largest absolute Gasteiger partial charge is 0.502 e. The summed E-state index contributed by atoms with van der Waals surface area (Å²) in [6, 6.07) is 10.4. The highest BCUT2D eigenvalue weighted by Gasteiger charge is 2.19. The standard InChI is InChI=1S/C19H20N4O4/c1-3-4-9-22-16-8-6-5-7-15(16)21-19(22)20-12-13-10-14(27-2)11-17(18(13)24)23(25)26/h5-8,10-12,24H,3-4,9H2,1-2H3/b20-12+. The number of fused-ring (bicyclic) bond motifs is 1. The molecule has 0 saturated carbocycles. The summed E-state index contributed by atoms with van der Waals surface area (Å²) in [6.45, 7) is 2.86. The molecule has 140 valence electrons. The first-order chi connectivity index (χ1) is 13.0. The maximum Gasteiger partial charge on any atom is 0.315 e. The van der Waals surface area contributed by atoms with Gasteiger partial charge in [-0.1, -0.05) is 25.5 Å². The van der Waals surface area contributed by atoms with Gasteiger partial charge in [0.2, 0.25) is 11.7 Å². The van der Waals surface area contributed by atoms with E-state index in [2.05, 4.69) is 16.9 Å². The molecule has 3 rings (SSSR count). The molecular formula is C19H20N4O4. The minimum Gasteiger partial charge on any atom is -0.502 e. The van der Waals surface area contributed by atoms with Crippen LogP contribution < -0.4 is 4.74 Å². The monoisotopic (exact) mass is 368 g/mol. The molecular weight excluding hydrogens is 348 g/mol. The molecule has 0 amide bonds. The Labute approximate surface area is 155 Å². The van der Waals surface area contributed by atoms with Crippen LogP contribution in [-0.4, -0.2) is 32.9 Å². The predicted octanol–water partition coefficient (Wildman–Crippen LogP) is 4.21. The molecule has 0 aliphatic rings. The minimum atomic E-state index is -0.661. The fourth-order valence-electron chi connectivity index (χ4n) is 2.80. The van der Waals surface area contributed by atoms with Crippen LogP contribution in [0.4, 0.5) is 11.6 Å². The number of phenols is 1. The number of ether oxygens (including phenoxy) is 1. The SMILES string of the molecule is CCCCn1c(/N=C/c2cc(OC)cc([N+](=O)[O-])c2O)nc2ccccc21. The summed E-state index contributed by atoms with van der Waals surface area (Å²) in [4.78, 5) is 19.4. The Bertz CT molecular complexity index is 1010. The summed E-state index contributed by atoms with van der Waals surface area (Å²) in [5, 5.41) is 21.3. The highest BCUT2D eigenvalue weighted by Crippen LogP contribution is 2.34. The summed E-state index contributed by atoms with van der Waals surface area (Å²) in [7, 11) is 1.40. The van der Waals surface area contributed by atoms with E-state index >= 15 is 0 Å². The number of imidazole rings is 1. The minimum absolute atomic E-state index is 0.190. The molecule has 0 fully saturated rings. The van der Waals surface area contributed by atoms with Crippen LogP contribution in [0.1, 0.15) is 25.3 Å². The number of nitro benzene ring substituents is 1. The highest BCUT2D eigenvalue weighted by molar-refractivity contribution is 5.88. The van der Waals surface area contributed by atoms with Crippen LogP contribution in [0, 0.1) is 10.1 Å². The van der Waals surface area contributed by atoms with Crippen molar-refractivity contribution in [2.24, 2.45) is 4.99 Å². The fourth-order valence-corrected chi connectivity index (χ4v) is 2.80. The fraction of sp³-hybridized carbons (Fsp3) is 0.263. The number of nitrogens with zero attached hydrogens (tertiary/aromatic N) is 4. The Balaban J connectivity index is 2.06. The van der Waals surface area contributed by atoms with E-state index in [0.717, 1.165) is 30.4 Å². The van der Waals surface area contributed by atoms with Crippen LogP contribution in [0.25, 0.3) is 11.0 Å². The second-order valence-electron chi connectivity index (χ2n) is 6.01. The molecule has 0 radical (unpaired) electrons. The van der Waals surface area contributed by atoms with Gasteiger partial charge in [-0.2, -0.15) is 0 Å². The van der Waals surface area contributed by atoms with Crippen molar-refractivity contribution in [1.82, 2.24) is 9.55 Å². The maximum atomic E-state index is 11.1. The van der Waals surface area contributed by atoms with Gasteiger partial charge >= 0.3 is 5.69 Å². The molecule has 1 aromatic heterocycles. The van der Waals surface area contributed by atoms with Crippen LogP contribution in [0.2, 0.25) is 0 Å². The summed E-state index contributed by atoms with van der Waals surface area (Å²) in [5.74, 6) is 0.288. The van der Waals surface area contributed by atoms with Gasteiger partial charge in [0.15, 0.2) is 0 Å². The second-order valence-corrected chi connectivity index (χ2v) is 6.01. The molecule has 1 heterocycles. The lowest BCUT2D eigenvalue weighted by atomic mass is 10.1. The smallest absolute Gasteiger partial charge is 0.315 e. The molecule has 0 bridgehead atoms. The van der Waals surface area contributed by atoms with E-state index in [1.807, 2.05) is 28.8 Å². The van der Waals surface area contributed by atoms with Crippen molar-refractivity contribution in [2.75, 3.05) is 7.11 Å². The number of unbranched alkanes of at least 4 members (excludes halogenated alkanes) is 1. The Morgan fingerprint density at radius 3 is 2.85 bits per heavy atom. The lowest BCUT2D eigenvalue weighted by Crippen LogP contribution is -1.98. The molecule has 1 N–H and O–H groups in total. The van der Waals surface area contributed by atoms with Crippen LogP contribution in [0.3, 0.4) is 0 Å². The van der Waals surface area contributed by atoms with E-state index in [4.69, 9.17) is 4.74 Å².